The van der Waals surface area contributed by atoms with Gasteiger partial charge in [-0.3, -0.25) is 19.7 Å². The highest BCUT2D eigenvalue weighted by Crippen LogP contribution is 2.23. The average molecular weight is 415 g/mol. The van der Waals surface area contributed by atoms with E-state index in [1.165, 1.54) is 12.1 Å². The minimum atomic E-state index is -0.469. The van der Waals surface area contributed by atoms with Gasteiger partial charge in [-0.25, -0.2) is 0 Å². The molecule has 0 saturated heterocycles. The maximum atomic E-state index is 12.5. The number of aromatic nitrogens is 1. The molecule has 1 aromatic carbocycles. The number of thiophene rings is 1. The van der Waals surface area contributed by atoms with E-state index in [2.05, 4.69) is 25.8 Å². The minimum absolute atomic E-state index is 0.00570. The third-order valence-electron chi connectivity index (χ3n) is 4.06. The topological polar surface area (TPSA) is 93.1 Å². The van der Waals surface area contributed by atoms with Crippen LogP contribution < -0.4 is 14.8 Å². The van der Waals surface area contributed by atoms with Crippen LogP contribution in [0.5, 0.6) is 0 Å². The van der Waals surface area contributed by atoms with E-state index in [1.807, 2.05) is 12.1 Å². The molecule has 2 heterocycles. The van der Waals surface area contributed by atoms with Crippen molar-refractivity contribution in [1.82, 2.24) is 4.98 Å². The Morgan fingerprint density at radius 1 is 1.21 bits per heavy atom. The Bertz CT molecular complexity index is 1210. The van der Waals surface area contributed by atoms with E-state index in [-0.39, 0.29) is 21.8 Å². The average Bonchev–Trinajstić information content (AvgIpc) is 3.22. The quantitative estimate of drug-likeness (QED) is 0.403. The fourth-order valence-corrected chi connectivity index (χ4v) is 4.09. The van der Waals surface area contributed by atoms with Gasteiger partial charge in [0.1, 0.15) is 0 Å². The molecular weight excluding hydrogens is 396 g/mol. The van der Waals surface area contributed by atoms with Crippen molar-refractivity contribution in [2.45, 2.75) is 26.2 Å². The lowest BCUT2D eigenvalue weighted by atomic mass is 9.86. The van der Waals surface area contributed by atoms with Crippen LogP contribution in [0.15, 0.2) is 40.5 Å². The molecule has 0 fully saturated rings. The van der Waals surface area contributed by atoms with Crippen LogP contribution in [0.25, 0.3) is 12.2 Å². The Hall–Kier alpha value is -2.84. The van der Waals surface area contributed by atoms with E-state index in [0.29, 0.717) is 20.3 Å². The minimum Gasteiger partial charge on any atom is -0.313 e. The summed E-state index contributed by atoms with van der Waals surface area (Å²) in [5, 5.41) is 12.4. The Labute approximate surface area is 168 Å². The molecule has 3 aromatic rings. The van der Waals surface area contributed by atoms with Crippen LogP contribution in [0, 0.1) is 10.1 Å². The maximum Gasteiger partial charge on any atom is 0.324 e. The number of benzene rings is 1. The zero-order valence-corrected chi connectivity index (χ0v) is 17.1. The first-order valence-corrected chi connectivity index (χ1v) is 10.1. The van der Waals surface area contributed by atoms with Crippen molar-refractivity contribution in [2.75, 3.05) is 0 Å². The fraction of sp³-hybridized carbons (Fsp3) is 0.200. The molecule has 0 bridgehead atoms. The van der Waals surface area contributed by atoms with Crippen LogP contribution in [-0.2, 0) is 5.41 Å². The lowest BCUT2D eigenvalue weighted by molar-refractivity contribution is -0.380. The summed E-state index contributed by atoms with van der Waals surface area (Å²) in [5.74, 6) is -0.198. The molecule has 8 heteroatoms. The van der Waals surface area contributed by atoms with Crippen molar-refractivity contribution in [2.24, 2.45) is 0 Å². The van der Waals surface area contributed by atoms with Gasteiger partial charge in [0, 0.05) is 23.1 Å². The normalized spacial score (nSPS) is 13.1. The molecule has 0 spiro atoms. The number of nitro groups is 1. The summed E-state index contributed by atoms with van der Waals surface area (Å²) in [6.45, 7) is 6.31. The predicted octanol–water partition coefficient (Wildman–Crippen LogP) is 3.20. The predicted molar refractivity (Wildman–Crippen MR) is 113 cm³/mol. The molecule has 0 aliphatic rings. The number of thiazole rings is 1. The summed E-state index contributed by atoms with van der Waals surface area (Å²) in [4.78, 5) is 37.5. The number of aromatic amines is 1. The summed E-state index contributed by atoms with van der Waals surface area (Å²) in [6.07, 6.45) is 2.97. The molecule has 2 aromatic heterocycles. The van der Waals surface area contributed by atoms with Gasteiger partial charge in [-0.1, -0.05) is 56.4 Å². The number of H-pyrrole nitrogens is 1. The first kappa shape index (κ1) is 19.9. The molecule has 144 valence electrons. The van der Waals surface area contributed by atoms with Crippen LogP contribution >= 0.6 is 22.7 Å². The van der Waals surface area contributed by atoms with E-state index in [4.69, 9.17) is 0 Å². The van der Waals surface area contributed by atoms with Crippen molar-refractivity contribution < 1.29 is 9.72 Å². The lowest BCUT2D eigenvalue weighted by Crippen LogP contribution is -2.19. The van der Waals surface area contributed by atoms with Crippen LogP contribution in [0.1, 0.15) is 42.3 Å². The molecule has 0 aliphatic carbocycles. The Morgan fingerprint density at radius 3 is 2.46 bits per heavy atom. The van der Waals surface area contributed by atoms with Gasteiger partial charge in [-0.2, -0.15) is 0 Å². The second kappa shape index (κ2) is 7.65. The number of ketones is 1. The molecule has 28 heavy (non-hydrogen) atoms. The van der Waals surface area contributed by atoms with Crippen molar-refractivity contribution in [3.8, 4) is 0 Å². The smallest absolute Gasteiger partial charge is 0.313 e. The van der Waals surface area contributed by atoms with Gasteiger partial charge in [0.25, 0.3) is 5.56 Å². The largest absolute Gasteiger partial charge is 0.324 e. The molecule has 0 amide bonds. The number of nitrogens with zero attached hydrogens (tertiary/aromatic N) is 1. The number of Topliss-reactive ketones (excluding diaryl/α,β-unsaturated/α-hetero) is 1. The van der Waals surface area contributed by atoms with Gasteiger partial charge < -0.3 is 4.98 Å². The number of nitrogens with one attached hydrogen (secondary N) is 1. The van der Waals surface area contributed by atoms with Gasteiger partial charge in [-0.15, -0.1) is 11.3 Å². The molecule has 0 unspecified atom stereocenters. The molecule has 6 nitrogen and oxygen atoms in total. The first-order chi connectivity index (χ1) is 13.1. The van der Waals surface area contributed by atoms with Gasteiger partial charge >= 0.3 is 5.00 Å². The molecular formula is C20H18N2O4S2. The van der Waals surface area contributed by atoms with E-state index in [9.17, 15) is 19.7 Å². The summed E-state index contributed by atoms with van der Waals surface area (Å²) in [6, 6.07) is 8.84. The maximum absolute atomic E-state index is 12.5. The van der Waals surface area contributed by atoms with Gasteiger partial charge in [0.2, 0.25) is 0 Å². The third-order valence-corrected chi connectivity index (χ3v) is 5.92. The monoisotopic (exact) mass is 414 g/mol. The zero-order valence-electron chi connectivity index (χ0n) is 15.5. The van der Waals surface area contributed by atoms with Crippen LogP contribution in [0.4, 0.5) is 5.00 Å². The van der Waals surface area contributed by atoms with Crippen LogP contribution in [-0.4, -0.2) is 15.7 Å². The number of hydrogen-bond donors (Lipinski definition) is 1. The van der Waals surface area contributed by atoms with E-state index in [0.717, 1.165) is 28.2 Å². The summed E-state index contributed by atoms with van der Waals surface area (Å²) < 4.78 is 0.820. The second-order valence-electron chi connectivity index (χ2n) is 7.24. The van der Waals surface area contributed by atoms with E-state index in [1.54, 1.807) is 23.6 Å². The first-order valence-electron chi connectivity index (χ1n) is 8.44. The van der Waals surface area contributed by atoms with Gasteiger partial charge in [0.15, 0.2) is 5.78 Å². The Kier molecular flexibility index (Phi) is 5.44. The van der Waals surface area contributed by atoms with Crippen molar-refractivity contribution >= 4 is 45.6 Å². The fourth-order valence-electron chi connectivity index (χ4n) is 2.52. The second-order valence-corrected chi connectivity index (χ2v) is 9.21. The highest BCUT2D eigenvalue weighted by atomic mass is 32.1. The van der Waals surface area contributed by atoms with Crippen molar-refractivity contribution in [1.29, 1.82) is 0 Å². The summed E-state index contributed by atoms with van der Waals surface area (Å²) in [7, 11) is 0. The number of carbonyl (C=O) groups is 1. The highest BCUT2D eigenvalue weighted by Gasteiger charge is 2.14. The third kappa shape index (κ3) is 4.52. The highest BCUT2D eigenvalue weighted by molar-refractivity contribution is 7.13. The van der Waals surface area contributed by atoms with E-state index >= 15 is 0 Å². The van der Waals surface area contributed by atoms with Gasteiger partial charge in [-0.05, 0) is 22.6 Å². The van der Waals surface area contributed by atoms with Crippen molar-refractivity contribution in [3.05, 3.63) is 82.1 Å². The Balaban J connectivity index is 1.90. The van der Waals surface area contributed by atoms with Crippen LogP contribution in [0.2, 0.25) is 0 Å². The number of carbonyl (C=O) groups excluding carboxylic acids is 1. The number of hydrogen-bond acceptors (Lipinski definition) is 6. The SMILES string of the molecule is CC(C)(C)c1ccc(C(=O)/C=c2\[nH]c(=O)/c(=C\c3csc([N+](=O)[O-])c3)s2)cc1. The van der Waals surface area contributed by atoms with E-state index < -0.39 is 4.92 Å². The molecule has 0 radical (unpaired) electrons. The molecule has 0 atom stereocenters. The standard InChI is InChI=1S/C20H18N2O4S2/c1-20(2,3)14-6-4-13(5-7-14)15(23)10-17-21-19(24)16(28-17)8-12-9-18(22(25)26)27-11-12/h4-11H,1-3H3,(H,21,24)/b16-8+,17-10+. The Morgan fingerprint density at radius 2 is 1.89 bits per heavy atom. The summed E-state index contributed by atoms with van der Waals surface area (Å²) >= 11 is 2.14. The van der Waals surface area contributed by atoms with Crippen molar-refractivity contribution in [3.63, 3.8) is 0 Å². The number of rotatable bonds is 4. The van der Waals surface area contributed by atoms with Gasteiger partial charge in [0.05, 0.1) is 14.1 Å². The molecule has 1 N–H and O–H groups in total. The van der Waals surface area contributed by atoms with Crippen LogP contribution in [0.3, 0.4) is 0 Å². The lowest BCUT2D eigenvalue weighted by Gasteiger charge is -2.18. The molecule has 3 rings (SSSR count). The zero-order chi connectivity index (χ0) is 20.5. The summed E-state index contributed by atoms with van der Waals surface area (Å²) in [5.41, 5.74) is 1.93. The molecule has 0 saturated carbocycles. The molecule has 0 aliphatic heterocycles.